The van der Waals surface area contributed by atoms with Crippen LogP contribution in [0.5, 0.6) is 0 Å². The molecule has 0 aliphatic rings. The molecule has 1 heterocycles. The SMILES string of the molecule is O=C(Nc1ccc(F)c(Cl)c1)C(Cc1ccccc1)NS(=O)(=O)c1cccc2nsnc12. The first-order valence-corrected chi connectivity index (χ1v) is 12.0. The largest absolute Gasteiger partial charge is 0.325 e. The molecule has 1 amide bonds. The van der Waals surface area contributed by atoms with E-state index in [1.807, 2.05) is 6.07 Å². The van der Waals surface area contributed by atoms with Crippen LogP contribution in [0, 0.1) is 5.82 Å². The first-order valence-electron chi connectivity index (χ1n) is 9.37. The van der Waals surface area contributed by atoms with Gasteiger partial charge in [0.05, 0.1) is 16.8 Å². The first kappa shape index (κ1) is 22.3. The number of rotatable bonds is 7. The lowest BCUT2D eigenvalue weighted by atomic mass is 10.1. The number of sulfonamides is 1. The standard InChI is InChI=1S/C21H16ClFN4O3S2/c22-15-12-14(9-10-16(15)23)24-21(28)18(11-13-5-2-1-3-6-13)27-32(29,30)19-8-4-7-17-20(19)26-31-25-17/h1-10,12,18,27H,11H2,(H,24,28). The molecule has 1 unspecified atom stereocenters. The maximum absolute atomic E-state index is 13.4. The number of hydrogen-bond acceptors (Lipinski definition) is 6. The maximum Gasteiger partial charge on any atom is 0.243 e. The molecule has 0 fully saturated rings. The number of halogens is 2. The van der Waals surface area contributed by atoms with Crippen molar-refractivity contribution in [2.45, 2.75) is 17.4 Å². The van der Waals surface area contributed by atoms with Gasteiger partial charge in [-0.15, -0.1) is 0 Å². The number of fused-ring (bicyclic) bond motifs is 1. The molecule has 2 N–H and O–H groups in total. The van der Waals surface area contributed by atoms with Gasteiger partial charge in [-0.1, -0.05) is 48.0 Å². The van der Waals surface area contributed by atoms with E-state index in [9.17, 15) is 17.6 Å². The van der Waals surface area contributed by atoms with Gasteiger partial charge in [0.25, 0.3) is 0 Å². The van der Waals surface area contributed by atoms with Crippen LogP contribution in [0.15, 0.2) is 71.6 Å². The van der Waals surface area contributed by atoms with Crippen LogP contribution in [-0.2, 0) is 21.2 Å². The van der Waals surface area contributed by atoms with Crippen LogP contribution in [0.3, 0.4) is 0 Å². The zero-order valence-electron chi connectivity index (χ0n) is 16.3. The Labute approximate surface area is 192 Å². The highest BCUT2D eigenvalue weighted by molar-refractivity contribution is 7.89. The number of nitrogens with zero attached hydrogens (tertiary/aromatic N) is 2. The number of hydrogen-bond donors (Lipinski definition) is 2. The van der Waals surface area contributed by atoms with E-state index in [0.717, 1.165) is 23.4 Å². The summed E-state index contributed by atoms with van der Waals surface area (Å²) in [6, 6.07) is 16.2. The van der Waals surface area contributed by atoms with Crippen molar-refractivity contribution >= 4 is 56.0 Å². The van der Waals surface area contributed by atoms with Gasteiger partial charge in [0, 0.05) is 5.69 Å². The average molecular weight is 491 g/mol. The zero-order valence-corrected chi connectivity index (χ0v) is 18.7. The number of anilines is 1. The van der Waals surface area contributed by atoms with Crippen LogP contribution < -0.4 is 10.0 Å². The van der Waals surface area contributed by atoms with Crippen molar-refractivity contribution in [2.24, 2.45) is 0 Å². The third kappa shape index (κ3) is 4.94. The van der Waals surface area contributed by atoms with Gasteiger partial charge >= 0.3 is 0 Å². The minimum Gasteiger partial charge on any atom is -0.325 e. The molecule has 11 heteroatoms. The summed E-state index contributed by atoms with van der Waals surface area (Å²) in [6.45, 7) is 0. The molecule has 164 valence electrons. The van der Waals surface area contributed by atoms with Crippen molar-refractivity contribution in [2.75, 3.05) is 5.32 Å². The van der Waals surface area contributed by atoms with Crippen LogP contribution in [0.25, 0.3) is 11.0 Å². The Kier molecular flexibility index (Phi) is 6.47. The minimum atomic E-state index is -4.12. The van der Waals surface area contributed by atoms with Crippen LogP contribution in [0.4, 0.5) is 10.1 Å². The van der Waals surface area contributed by atoms with Crippen LogP contribution >= 0.6 is 23.3 Å². The number of benzene rings is 3. The van der Waals surface area contributed by atoms with Gasteiger partial charge in [0.2, 0.25) is 15.9 Å². The molecule has 4 aromatic rings. The van der Waals surface area contributed by atoms with E-state index in [2.05, 4.69) is 18.8 Å². The third-order valence-electron chi connectivity index (χ3n) is 4.62. The molecule has 0 bridgehead atoms. The Hall–Kier alpha value is -2.92. The molecule has 1 aromatic heterocycles. The van der Waals surface area contributed by atoms with E-state index in [1.54, 1.807) is 36.4 Å². The lowest BCUT2D eigenvalue weighted by Crippen LogP contribution is -2.45. The van der Waals surface area contributed by atoms with E-state index in [-0.39, 0.29) is 27.5 Å². The number of nitrogens with one attached hydrogen (secondary N) is 2. The van der Waals surface area contributed by atoms with Gasteiger partial charge in [-0.3, -0.25) is 4.79 Å². The molecular formula is C21H16ClFN4O3S2. The predicted molar refractivity (Wildman–Crippen MR) is 122 cm³/mol. The number of carbonyl (C=O) groups is 1. The molecule has 3 aromatic carbocycles. The second-order valence-corrected chi connectivity index (χ2v) is 9.49. The predicted octanol–water partition coefficient (Wildman–Crippen LogP) is 4.01. The highest BCUT2D eigenvalue weighted by Crippen LogP contribution is 2.23. The summed E-state index contributed by atoms with van der Waals surface area (Å²) in [6.07, 6.45) is 0.0894. The average Bonchev–Trinajstić information content (AvgIpc) is 3.25. The van der Waals surface area contributed by atoms with Crippen molar-refractivity contribution in [1.82, 2.24) is 13.5 Å². The first-order chi connectivity index (χ1) is 15.3. The molecular weight excluding hydrogens is 475 g/mol. The molecule has 0 saturated carbocycles. The molecule has 0 aliphatic heterocycles. The Bertz CT molecular complexity index is 1380. The van der Waals surface area contributed by atoms with Crippen molar-refractivity contribution in [3.63, 3.8) is 0 Å². The van der Waals surface area contributed by atoms with E-state index in [0.29, 0.717) is 5.52 Å². The van der Waals surface area contributed by atoms with Gasteiger partial charge in [0.1, 0.15) is 27.8 Å². The summed E-state index contributed by atoms with van der Waals surface area (Å²) >= 11 is 6.69. The summed E-state index contributed by atoms with van der Waals surface area (Å²) in [5.74, 6) is -1.25. The zero-order chi connectivity index (χ0) is 22.7. The molecule has 7 nitrogen and oxygen atoms in total. The fourth-order valence-electron chi connectivity index (χ4n) is 3.09. The van der Waals surface area contributed by atoms with E-state index in [4.69, 9.17) is 11.6 Å². The smallest absolute Gasteiger partial charge is 0.243 e. The summed E-state index contributed by atoms with van der Waals surface area (Å²) < 4.78 is 50.4. The summed E-state index contributed by atoms with van der Waals surface area (Å²) in [5, 5.41) is 2.43. The molecule has 32 heavy (non-hydrogen) atoms. The fourth-order valence-corrected chi connectivity index (χ4v) is 5.23. The van der Waals surface area contributed by atoms with Crippen LogP contribution in [0.2, 0.25) is 5.02 Å². The Balaban J connectivity index is 1.65. The number of amides is 1. The van der Waals surface area contributed by atoms with Gasteiger partial charge < -0.3 is 5.32 Å². The van der Waals surface area contributed by atoms with Gasteiger partial charge in [-0.05, 0) is 42.3 Å². The lowest BCUT2D eigenvalue weighted by molar-refractivity contribution is -0.117. The molecule has 0 saturated heterocycles. The monoisotopic (exact) mass is 490 g/mol. The molecule has 0 spiro atoms. The van der Waals surface area contributed by atoms with Crippen molar-refractivity contribution in [1.29, 1.82) is 0 Å². The van der Waals surface area contributed by atoms with E-state index in [1.165, 1.54) is 18.2 Å². The van der Waals surface area contributed by atoms with Crippen LogP contribution in [-0.4, -0.2) is 29.1 Å². The Morgan fingerprint density at radius 1 is 1.06 bits per heavy atom. The number of carbonyl (C=O) groups excluding carboxylic acids is 1. The van der Waals surface area contributed by atoms with E-state index < -0.39 is 27.8 Å². The van der Waals surface area contributed by atoms with Gasteiger partial charge in [-0.2, -0.15) is 13.5 Å². The highest BCUT2D eigenvalue weighted by atomic mass is 35.5. The Morgan fingerprint density at radius 3 is 2.59 bits per heavy atom. The fraction of sp³-hybridized carbons (Fsp3) is 0.0952. The third-order valence-corrected chi connectivity index (χ3v) is 6.96. The lowest BCUT2D eigenvalue weighted by Gasteiger charge is -2.19. The van der Waals surface area contributed by atoms with Crippen molar-refractivity contribution < 1.29 is 17.6 Å². The quantitative estimate of drug-likeness (QED) is 0.407. The topological polar surface area (TPSA) is 101 Å². The second kappa shape index (κ2) is 9.29. The summed E-state index contributed by atoms with van der Waals surface area (Å²) in [4.78, 5) is 13.0. The summed E-state index contributed by atoms with van der Waals surface area (Å²) in [5.41, 5.74) is 1.67. The van der Waals surface area contributed by atoms with Crippen LogP contribution in [0.1, 0.15) is 5.56 Å². The molecule has 1 atom stereocenters. The normalized spacial score (nSPS) is 12.6. The molecule has 4 rings (SSSR count). The summed E-state index contributed by atoms with van der Waals surface area (Å²) in [7, 11) is -4.12. The molecule has 0 aliphatic carbocycles. The Morgan fingerprint density at radius 2 is 1.84 bits per heavy atom. The highest BCUT2D eigenvalue weighted by Gasteiger charge is 2.28. The second-order valence-electron chi connectivity index (χ2n) is 6.87. The minimum absolute atomic E-state index is 0.0700. The molecule has 0 radical (unpaired) electrons. The maximum atomic E-state index is 13.4. The van der Waals surface area contributed by atoms with E-state index >= 15 is 0 Å². The van der Waals surface area contributed by atoms with Gasteiger partial charge in [-0.25, -0.2) is 12.8 Å². The van der Waals surface area contributed by atoms with Gasteiger partial charge in [0.15, 0.2) is 0 Å². The van der Waals surface area contributed by atoms with Crippen molar-refractivity contribution in [3.05, 3.63) is 83.1 Å². The van der Waals surface area contributed by atoms with Crippen molar-refractivity contribution in [3.8, 4) is 0 Å². The number of aromatic nitrogens is 2.